The summed E-state index contributed by atoms with van der Waals surface area (Å²) in [5, 5.41) is 0.535. The number of ether oxygens (including phenoxy) is 2. The quantitative estimate of drug-likeness (QED) is 0.735. The third kappa shape index (κ3) is 3.70. The van der Waals surface area contributed by atoms with Crippen molar-refractivity contribution in [3.8, 4) is 5.75 Å². The van der Waals surface area contributed by atoms with Crippen LogP contribution in [0.3, 0.4) is 0 Å². The fraction of sp³-hybridized carbons (Fsp3) is 0.533. The fourth-order valence-electron chi connectivity index (χ4n) is 2.61. The van der Waals surface area contributed by atoms with Gasteiger partial charge in [0.1, 0.15) is 5.75 Å². The first kappa shape index (κ1) is 15.7. The Morgan fingerprint density at radius 3 is 2.75 bits per heavy atom. The highest BCUT2D eigenvalue weighted by molar-refractivity contribution is 9.10. The van der Waals surface area contributed by atoms with Crippen molar-refractivity contribution in [2.24, 2.45) is 5.41 Å². The van der Waals surface area contributed by atoms with Crippen LogP contribution in [0.15, 0.2) is 27.6 Å². The summed E-state index contributed by atoms with van der Waals surface area (Å²) in [5.41, 5.74) is 0.0873. The summed E-state index contributed by atoms with van der Waals surface area (Å²) in [6, 6.07) is 6.03. The van der Waals surface area contributed by atoms with Gasteiger partial charge < -0.3 is 9.47 Å². The molecular formula is C15H19BrO3S. The average Bonchev–Trinajstić information content (AvgIpc) is 2.37. The normalized spacial score (nSPS) is 24.9. The maximum absolute atomic E-state index is 11.4. The summed E-state index contributed by atoms with van der Waals surface area (Å²) in [6.45, 7) is 2.15. The molecule has 0 atom stereocenters. The van der Waals surface area contributed by atoms with E-state index in [-0.39, 0.29) is 11.4 Å². The van der Waals surface area contributed by atoms with Crippen molar-refractivity contribution in [1.29, 1.82) is 0 Å². The first-order chi connectivity index (χ1) is 9.45. The highest BCUT2D eigenvalue weighted by Crippen LogP contribution is 2.52. The molecule has 0 bridgehead atoms. The van der Waals surface area contributed by atoms with Crippen LogP contribution in [0.2, 0.25) is 0 Å². The number of thioether (sulfide) groups is 1. The first-order valence-electron chi connectivity index (χ1n) is 6.53. The zero-order valence-corrected chi connectivity index (χ0v) is 14.3. The van der Waals surface area contributed by atoms with E-state index in [1.165, 1.54) is 7.11 Å². The molecule has 1 aromatic carbocycles. The molecule has 0 aliphatic heterocycles. The largest absolute Gasteiger partial charge is 0.496 e. The number of carbonyl (C=O) groups is 1. The highest BCUT2D eigenvalue weighted by atomic mass is 79.9. The van der Waals surface area contributed by atoms with Crippen LogP contribution < -0.4 is 4.74 Å². The number of methoxy groups -OCH3 is 2. The minimum atomic E-state index is -0.115. The molecule has 1 fully saturated rings. The van der Waals surface area contributed by atoms with Crippen LogP contribution in [0.5, 0.6) is 5.75 Å². The molecule has 110 valence electrons. The maximum Gasteiger partial charge on any atom is 0.306 e. The van der Waals surface area contributed by atoms with E-state index in [4.69, 9.17) is 9.47 Å². The second-order valence-electron chi connectivity index (χ2n) is 5.51. The van der Waals surface area contributed by atoms with Gasteiger partial charge in [-0.15, -0.1) is 11.8 Å². The molecule has 5 heteroatoms. The molecule has 0 amide bonds. The molecule has 1 saturated carbocycles. The molecule has 0 unspecified atom stereocenters. The van der Waals surface area contributed by atoms with Crippen LogP contribution in [-0.2, 0) is 9.53 Å². The molecule has 0 spiro atoms. The topological polar surface area (TPSA) is 35.5 Å². The molecule has 1 aliphatic carbocycles. The van der Waals surface area contributed by atoms with Gasteiger partial charge in [0.2, 0.25) is 0 Å². The van der Waals surface area contributed by atoms with E-state index >= 15 is 0 Å². The van der Waals surface area contributed by atoms with Gasteiger partial charge in [-0.3, -0.25) is 4.79 Å². The number of halogens is 1. The standard InChI is InChI=1S/C15H19BrO3S/c1-15(9-14(17)19-3)7-11(8-15)20-13-6-10(16)4-5-12(13)18-2/h4-6,11H,7-9H2,1-3H3. The van der Waals surface area contributed by atoms with Gasteiger partial charge in [0, 0.05) is 9.72 Å². The lowest BCUT2D eigenvalue weighted by atomic mass is 9.68. The minimum Gasteiger partial charge on any atom is -0.496 e. The lowest BCUT2D eigenvalue weighted by Crippen LogP contribution is -2.38. The molecule has 0 heterocycles. The van der Waals surface area contributed by atoms with Gasteiger partial charge in [0.15, 0.2) is 0 Å². The van der Waals surface area contributed by atoms with Gasteiger partial charge in [0.05, 0.1) is 25.5 Å². The molecule has 1 aromatic rings. The monoisotopic (exact) mass is 358 g/mol. The molecule has 20 heavy (non-hydrogen) atoms. The predicted octanol–water partition coefficient (Wildman–Crippen LogP) is 4.28. The molecule has 0 N–H and O–H groups in total. The van der Waals surface area contributed by atoms with Crippen molar-refractivity contribution in [1.82, 2.24) is 0 Å². The smallest absolute Gasteiger partial charge is 0.306 e. The Kier molecular flexibility index (Phi) is 5.02. The third-order valence-electron chi connectivity index (χ3n) is 3.66. The van der Waals surface area contributed by atoms with Crippen LogP contribution in [0.25, 0.3) is 0 Å². The maximum atomic E-state index is 11.4. The van der Waals surface area contributed by atoms with Gasteiger partial charge in [-0.05, 0) is 36.5 Å². The van der Waals surface area contributed by atoms with Crippen LogP contribution in [0.1, 0.15) is 26.2 Å². The highest BCUT2D eigenvalue weighted by Gasteiger charge is 2.42. The Morgan fingerprint density at radius 2 is 2.15 bits per heavy atom. The number of esters is 1. The van der Waals surface area contributed by atoms with Crippen molar-refractivity contribution in [3.05, 3.63) is 22.7 Å². The summed E-state index contributed by atoms with van der Waals surface area (Å²) in [6.07, 6.45) is 2.57. The summed E-state index contributed by atoms with van der Waals surface area (Å²) in [4.78, 5) is 12.5. The third-order valence-corrected chi connectivity index (χ3v) is 5.39. The summed E-state index contributed by atoms with van der Waals surface area (Å²) < 4.78 is 11.2. The molecule has 0 aromatic heterocycles. The minimum absolute atomic E-state index is 0.0873. The molecule has 3 nitrogen and oxygen atoms in total. The van der Waals surface area contributed by atoms with Gasteiger partial charge in [-0.25, -0.2) is 0 Å². The zero-order valence-electron chi connectivity index (χ0n) is 11.9. The first-order valence-corrected chi connectivity index (χ1v) is 8.20. The van der Waals surface area contributed by atoms with Crippen LogP contribution in [0, 0.1) is 5.41 Å². The van der Waals surface area contributed by atoms with Crippen LogP contribution >= 0.6 is 27.7 Å². The van der Waals surface area contributed by atoms with Gasteiger partial charge >= 0.3 is 5.97 Å². The lowest BCUT2D eigenvalue weighted by molar-refractivity contribution is -0.144. The zero-order chi connectivity index (χ0) is 14.8. The predicted molar refractivity (Wildman–Crippen MR) is 84.3 cm³/mol. The average molecular weight is 359 g/mol. The van der Waals surface area contributed by atoms with Crippen LogP contribution in [0.4, 0.5) is 0 Å². The van der Waals surface area contributed by atoms with E-state index in [1.807, 2.05) is 23.9 Å². The fourth-order valence-corrected chi connectivity index (χ4v) is 4.92. The SMILES string of the molecule is COC(=O)CC1(C)CC(Sc2cc(Br)ccc2OC)C1. The molecule has 0 radical (unpaired) electrons. The molecule has 0 saturated heterocycles. The van der Waals surface area contributed by atoms with Gasteiger partial charge in [-0.2, -0.15) is 0 Å². The van der Waals surface area contributed by atoms with E-state index in [2.05, 4.69) is 28.9 Å². The van der Waals surface area contributed by atoms with Crippen molar-refractivity contribution in [2.75, 3.05) is 14.2 Å². The van der Waals surface area contributed by atoms with E-state index in [1.54, 1.807) is 7.11 Å². The van der Waals surface area contributed by atoms with Crippen LogP contribution in [-0.4, -0.2) is 25.4 Å². The van der Waals surface area contributed by atoms with Crippen molar-refractivity contribution in [3.63, 3.8) is 0 Å². The number of carbonyl (C=O) groups excluding carboxylic acids is 1. The van der Waals surface area contributed by atoms with E-state index in [0.29, 0.717) is 11.7 Å². The van der Waals surface area contributed by atoms with E-state index in [0.717, 1.165) is 28.0 Å². The number of hydrogen-bond acceptors (Lipinski definition) is 4. The van der Waals surface area contributed by atoms with Crippen molar-refractivity contribution < 1.29 is 14.3 Å². The Bertz CT molecular complexity index is 498. The van der Waals surface area contributed by atoms with E-state index in [9.17, 15) is 4.79 Å². The second kappa shape index (κ2) is 6.39. The summed E-state index contributed by atoms with van der Waals surface area (Å²) in [7, 11) is 3.14. The Morgan fingerprint density at radius 1 is 1.45 bits per heavy atom. The summed E-state index contributed by atoms with van der Waals surface area (Å²) >= 11 is 5.32. The molecular weight excluding hydrogens is 340 g/mol. The van der Waals surface area contributed by atoms with E-state index < -0.39 is 0 Å². The number of benzene rings is 1. The lowest BCUT2D eigenvalue weighted by Gasteiger charge is -2.44. The Balaban J connectivity index is 1.94. The Hall–Kier alpha value is -0.680. The van der Waals surface area contributed by atoms with Gasteiger partial charge in [-0.1, -0.05) is 22.9 Å². The van der Waals surface area contributed by atoms with Crippen molar-refractivity contribution in [2.45, 2.75) is 36.3 Å². The number of hydrogen-bond donors (Lipinski definition) is 0. The molecule has 2 rings (SSSR count). The second-order valence-corrected chi connectivity index (χ2v) is 7.76. The van der Waals surface area contributed by atoms with Crippen molar-refractivity contribution >= 4 is 33.7 Å². The molecule has 1 aliphatic rings. The van der Waals surface area contributed by atoms with Gasteiger partial charge in [0.25, 0.3) is 0 Å². The summed E-state index contributed by atoms with van der Waals surface area (Å²) in [5.74, 6) is 0.788. The Labute approximate surface area is 132 Å². The number of rotatable bonds is 5.